The topological polar surface area (TPSA) is 89.8 Å². The van der Waals surface area contributed by atoms with E-state index >= 15 is 0 Å². The second-order valence-electron chi connectivity index (χ2n) is 5.21. The highest BCUT2D eigenvalue weighted by Crippen LogP contribution is 2.35. The standard InChI is InChI=1S/C14H14N2O5/c17-13(15-5-1-2-6-15)8-12-10-4-3-9(16(19)20)7-11(10)14(18)21-12/h3-4,7,12H,1-2,5-6,8H2. The quantitative estimate of drug-likeness (QED) is 0.481. The van der Waals surface area contributed by atoms with Crippen LogP contribution in [0.5, 0.6) is 0 Å². The summed E-state index contributed by atoms with van der Waals surface area (Å²) in [5, 5.41) is 10.7. The Hall–Kier alpha value is -2.44. The Bertz CT molecular complexity index is 622. The molecule has 7 nitrogen and oxygen atoms in total. The third-order valence-electron chi connectivity index (χ3n) is 3.88. The number of fused-ring (bicyclic) bond motifs is 1. The molecule has 0 aliphatic carbocycles. The van der Waals surface area contributed by atoms with E-state index in [1.807, 2.05) is 0 Å². The molecule has 0 N–H and O–H groups in total. The molecular formula is C14H14N2O5. The number of hydrogen-bond acceptors (Lipinski definition) is 5. The van der Waals surface area contributed by atoms with E-state index in [2.05, 4.69) is 0 Å². The summed E-state index contributed by atoms with van der Waals surface area (Å²) in [6.07, 6.45) is 1.45. The van der Waals surface area contributed by atoms with Crippen molar-refractivity contribution in [2.75, 3.05) is 13.1 Å². The van der Waals surface area contributed by atoms with Crippen molar-refractivity contribution in [2.24, 2.45) is 0 Å². The summed E-state index contributed by atoms with van der Waals surface area (Å²) < 4.78 is 5.19. The highest BCUT2D eigenvalue weighted by atomic mass is 16.6. The van der Waals surface area contributed by atoms with Gasteiger partial charge in [-0.25, -0.2) is 4.79 Å². The number of nitro groups is 1. The molecule has 0 saturated carbocycles. The predicted octanol–water partition coefficient (Wildman–Crippen LogP) is 1.82. The average Bonchev–Trinajstić information content (AvgIpc) is 3.08. The number of non-ortho nitro benzene ring substituents is 1. The van der Waals surface area contributed by atoms with Crippen molar-refractivity contribution in [3.8, 4) is 0 Å². The van der Waals surface area contributed by atoms with Gasteiger partial charge in [-0.1, -0.05) is 0 Å². The Labute approximate surface area is 120 Å². The largest absolute Gasteiger partial charge is 0.453 e. The fraction of sp³-hybridized carbons (Fsp3) is 0.429. The summed E-state index contributed by atoms with van der Waals surface area (Å²) >= 11 is 0. The van der Waals surface area contributed by atoms with E-state index in [9.17, 15) is 19.7 Å². The Morgan fingerprint density at radius 2 is 2.10 bits per heavy atom. The van der Waals surface area contributed by atoms with Gasteiger partial charge in [0.1, 0.15) is 6.10 Å². The monoisotopic (exact) mass is 290 g/mol. The molecule has 3 rings (SSSR count). The van der Waals surface area contributed by atoms with Crippen LogP contribution in [0.15, 0.2) is 18.2 Å². The van der Waals surface area contributed by atoms with E-state index in [0.717, 1.165) is 25.9 Å². The molecule has 1 aromatic rings. The lowest BCUT2D eigenvalue weighted by Crippen LogP contribution is -2.28. The number of nitrogens with zero attached hydrogens (tertiary/aromatic N) is 2. The molecule has 0 radical (unpaired) electrons. The van der Waals surface area contributed by atoms with Gasteiger partial charge >= 0.3 is 5.97 Å². The Morgan fingerprint density at radius 1 is 1.38 bits per heavy atom. The first kappa shape index (κ1) is 13.5. The van der Waals surface area contributed by atoms with Crippen LogP contribution >= 0.6 is 0 Å². The number of nitro benzene ring substituents is 1. The molecule has 2 aliphatic heterocycles. The van der Waals surface area contributed by atoms with E-state index in [1.165, 1.54) is 18.2 Å². The smallest absolute Gasteiger partial charge is 0.339 e. The van der Waals surface area contributed by atoms with Crippen LogP contribution in [0.4, 0.5) is 5.69 Å². The van der Waals surface area contributed by atoms with Crippen molar-refractivity contribution in [3.05, 3.63) is 39.4 Å². The molecule has 1 saturated heterocycles. The molecule has 0 bridgehead atoms. The maximum absolute atomic E-state index is 12.1. The zero-order valence-electron chi connectivity index (χ0n) is 11.3. The minimum atomic E-state index is -0.638. The van der Waals surface area contributed by atoms with Gasteiger partial charge in [0.15, 0.2) is 0 Å². The third kappa shape index (κ3) is 2.46. The zero-order valence-corrected chi connectivity index (χ0v) is 11.3. The zero-order chi connectivity index (χ0) is 15.0. The molecule has 2 heterocycles. The van der Waals surface area contributed by atoms with E-state index in [1.54, 1.807) is 4.90 Å². The average molecular weight is 290 g/mol. The highest BCUT2D eigenvalue weighted by molar-refractivity contribution is 5.95. The molecule has 2 aliphatic rings. The lowest BCUT2D eigenvalue weighted by molar-refractivity contribution is -0.384. The summed E-state index contributed by atoms with van der Waals surface area (Å²) in [5.74, 6) is -0.649. The van der Waals surface area contributed by atoms with Gasteiger partial charge in [0.2, 0.25) is 5.91 Å². The summed E-state index contributed by atoms with van der Waals surface area (Å²) in [5.41, 5.74) is 0.582. The van der Waals surface area contributed by atoms with Gasteiger partial charge < -0.3 is 9.64 Å². The maximum atomic E-state index is 12.1. The molecule has 1 fully saturated rings. The van der Waals surface area contributed by atoms with Gasteiger partial charge in [-0.05, 0) is 18.9 Å². The number of esters is 1. The van der Waals surface area contributed by atoms with Crippen molar-refractivity contribution in [1.29, 1.82) is 0 Å². The maximum Gasteiger partial charge on any atom is 0.339 e. The molecular weight excluding hydrogens is 276 g/mol. The summed E-state index contributed by atoms with van der Waals surface area (Å²) in [6, 6.07) is 4.03. The van der Waals surface area contributed by atoms with Gasteiger partial charge in [0, 0.05) is 30.8 Å². The molecule has 21 heavy (non-hydrogen) atoms. The van der Waals surface area contributed by atoms with Crippen LogP contribution in [0.25, 0.3) is 0 Å². The highest BCUT2D eigenvalue weighted by Gasteiger charge is 2.35. The first-order chi connectivity index (χ1) is 10.1. The van der Waals surface area contributed by atoms with Crippen LogP contribution in [0, 0.1) is 10.1 Å². The van der Waals surface area contributed by atoms with Crippen LogP contribution in [-0.4, -0.2) is 34.8 Å². The van der Waals surface area contributed by atoms with Crippen molar-refractivity contribution in [2.45, 2.75) is 25.4 Å². The van der Waals surface area contributed by atoms with Crippen molar-refractivity contribution >= 4 is 17.6 Å². The van der Waals surface area contributed by atoms with Gasteiger partial charge in [0.05, 0.1) is 16.9 Å². The number of carbonyl (C=O) groups excluding carboxylic acids is 2. The van der Waals surface area contributed by atoms with E-state index in [4.69, 9.17) is 4.74 Å². The van der Waals surface area contributed by atoms with Gasteiger partial charge in [-0.2, -0.15) is 0 Å². The third-order valence-corrected chi connectivity index (χ3v) is 3.88. The number of carbonyl (C=O) groups is 2. The molecule has 1 unspecified atom stereocenters. The van der Waals surface area contributed by atoms with Gasteiger partial charge in [-0.3, -0.25) is 14.9 Å². The predicted molar refractivity (Wildman–Crippen MR) is 71.7 cm³/mol. The van der Waals surface area contributed by atoms with Crippen molar-refractivity contribution in [3.63, 3.8) is 0 Å². The Morgan fingerprint density at radius 3 is 2.76 bits per heavy atom. The Balaban J connectivity index is 1.80. The second kappa shape index (κ2) is 5.16. The van der Waals surface area contributed by atoms with Gasteiger partial charge in [0.25, 0.3) is 5.69 Å². The van der Waals surface area contributed by atoms with Crippen molar-refractivity contribution < 1.29 is 19.2 Å². The first-order valence-corrected chi connectivity index (χ1v) is 6.83. The summed E-state index contributed by atoms with van der Waals surface area (Å²) in [4.78, 5) is 35.8. The van der Waals surface area contributed by atoms with E-state index < -0.39 is 17.0 Å². The molecule has 0 spiro atoms. The Kier molecular flexibility index (Phi) is 3.32. The van der Waals surface area contributed by atoms with Gasteiger partial charge in [-0.15, -0.1) is 0 Å². The first-order valence-electron chi connectivity index (χ1n) is 6.83. The second-order valence-corrected chi connectivity index (χ2v) is 5.21. The van der Waals surface area contributed by atoms with Crippen LogP contribution in [0.2, 0.25) is 0 Å². The van der Waals surface area contributed by atoms with Crippen LogP contribution < -0.4 is 0 Å². The minimum absolute atomic E-state index is 0.0449. The molecule has 7 heteroatoms. The summed E-state index contributed by atoms with van der Waals surface area (Å²) in [6.45, 7) is 1.49. The number of benzene rings is 1. The van der Waals surface area contributed by atoms with E-state index in [0.29, 0.717) is 5.56 Å². The molecule has 1 atom stereocenters. The molecule has 1 amide bonds. The number of likely N-dealkylation sites (tertiary alicyclic amines) is 1. The number of amides is 1. The fourth-order valence-corrected chi connectivity index (χ4v) is 2.78. The van der Waals surface area contributed by atoms with Crippen LogP contribution in [0.3, 0.4) is 0 Å². The molecule has 110 valence electrons. The lowest BCUT2D eigenvalue weighted by Gasteiger charge is -2.17. The van der Waals surface area contributed by atoms with Crippen LogP contribution in [0.1, 0.15) is 41.3 Å². The molecule has 1 aromatic carbocycles. The number of rotatable bonds is 3. The number of hydrogen-bond donors (Lipinski definition) is 0. The van der Waals surface area contributed by atoms with Crippen LogP contribution in [-0.2, 0) is 9.53 Å². The molecule has 0 aromatic heterocycles. The minimum Gasteiger partial charge on any atom is -0.453 e. The number of ether oxygens (including phenoxy) is 1. The normalized spacial score (nSPS) is 20.3. The fourth-order valence-electron chi connectivity index (χ4n) is 2.78. The SMILES string of the molecule is O=C1OC(CC(=O)N2CCCC2)c2ccc([N+](=O)[O-])cc21. The number of cyclic esters (lactones) is 1. The lowest BCUT2D eigenvalue weighted by atomic mass is 10.0. The van der Waals surface area contributed by atoms with Crippen molar-refractivity contribution in [1.82, 2.24) is 4.90 Å². The summed E-state index contributed by atoms with van der Waals surface area (Å²) in [7, 11) is 0. The van der Waals surface area contributed by atoms with E-state index in [-0.39, 0.29) is 23.6 Å².